The van der Waals surface area contributed by atoms with Crippen molar-refractivity contribution in [2.45, 2.75) is 19.8 Å². The minimum atomic E-state index is 0.456. The fourth-order valence-electron chi connectivity index (χ4n) is 3.02. The Morgan fingerprint density at radius 2 is 1.13 bits per heavy atom. The largest absolute Gasteiger partial charge is 0.397 e. The van der Waals surface area contributed by atoms with Crippen molar-refractivity contribution >= 4 is 11.4 Å². The van der Waals surface area contributed by atoms with E-state index in [2.05, 4.69) is 56.3 Å². The van der Waals surface area contributed by atoms with Crippen LogP contribution in [0.25, 0.3) is 22.3 Å². The second-order valence-corrected chi connectivity index (χ2v) is 6.10. The van der Waals surface area contributed by atoms with E-state index in [-0.39, 0.29) is 0 Å². The van der Waals surface area contributed by atoms with Gasteiger partial charge in [-0.05, 0) is 34.2 Å². The second kappa shape index (κ2) is 6.17. The molecule has 3 aromatic carbocycles. The minimum absolute atomic E-state index is 0.456. The monoisotopic (exact) mass is 302 g/mol. The molecule has 2 nitrogen and oxygen atoms in total. The van der Waals surface area contributed by atoms with E-state index >= 15 is 0 Å². The van der Waals surface area contributed by atoms with Crippen LogP contribution in [0.1, 0.15) is 25.3 Å². The smallest absolute Gasteiger partial charge is 0.0627 e. The molecule has 0 aliphatic carbocycles. The van der Waals surface area contributed by atoms with Crippen molar-refractivity contribution in [1.82, 2.24) is 0 Å². The third kappa shape index (κ3) is 2.80. The summed E-state index contributed by atoms with van der Waals surface area (Å²) in [6.45, 7) is 4.44. The van der Waals surface area contributed by atoms with E-state index in [4.69, 9.17) is 11.5 Å². The van der Waals surface area contributed by atoms with Crippen molar-refractivity contribution in [2.75, 3.05) is 11.5 Å². The fraction of sp³-hybridized carbons (Fsp3) is 0.143. The number of rotatable bonds is 3. The molecule has 0 aliphatic rings. The van der Waals surface area contributed by atoms with Gasteiger partial charge < -0.3 is 11.5 Å². The Bertz CT molecular complexity index is 835. The highest BCUT2D eigenvalue weighted by molar-refractivity contribution is 5.92. The molecule has 2 heteroatoms. The van der Waals surface area contributed by atoms with E-state index in [1.807, 2.05) is 24.3 Å². The Labute approximate surface area is 137 Å². The quantitative estimate of drug-likeness (QED) is 0.644. The first kappa shape index (κ1) is 15.2. The van der Waals surface area contributed by atoms with E-state index < -0.39 is 0 Å². The first-order chi connectivity index (χ1) is 11.1. The summed E-state index contributed by atoms with van der Waals surface area (Å²) in [5, 5.41) is 0. The molecule has 0 bridgehead atoms. The first-order valence-corrected chi connectivity index (χ1v) is 7.92. The normalized spacial score (nSPS) is 10.9. The molecule has 0 fully saturated rings. The van der Waals surface area contributed by atoms with E-state index in [1.165, 1.54) is 16.7 Å². The highest BCUT2D eigenvalue weighted by atomic mass is 14.7. The van der Waals surface area contributed by atoms with Crippen LogP contribution in [0.2, 0.25) is 0 Å². The van der Waals surface area contributed by atoms with Crippen LogP contribution in [-0.2, 0) is 0 Å². The number of hydrogen-bond acceptors (Lipinski definition) is 2. The number of nitrogen functional groups attached to an aromatic ring is 2. The Morgan fingerprint density at radius 1 is 0.609 bits per heavy atom. The van der Waals surface area contributed by atoms with E-state index in [1.54, 1.807) is 0 Å². The predicted molar refractivity (Wildman–Crippen MR) is 100 cm³/mol. The highest BCUT2D eigenvalue weighted by Crippen LogP contribution is 2.39. The molecule has 4 N–H and O–H groups in total. The van der Waals surface area contributed by atoms with Gasteiger partial charge >= 0.3 is 0 Å². The van der Waals surface area contributed by atoms with Gasteiger partial charge in [0.15, 0.2) is 0 Å². The van der Waals surface area contributed by atoms with E-state index in [9.17, 15) is 0 Å². The van der Waals surface area contributed by atoms with Gasteiger partial charge in [-0.2, -0.15) is 0 Å². The van der Waals surface area contributed by atoms with Crippen molar-refractivity contribution in [3.05, 3.63) is 72.3 Å². The molecule has 0 atom stereocenters. The van der Waals surface area contributed by atoms with Crippen LogP contribution in [0.3, 0.4) is 0 Å². The summed E-state index contributed by atoms with van der Waals surface area (Å²) >= 11 is 0. The summed E-state index contributed by atoms with van der Waals surface area (Å²) < 4.78 is 0. The van der Waals surface area contributed by atoms with Crippen LogP contribution in [-0.4, -0.2) is 0 Å². The van der Waals surface area contributed by atoms with Gasteiger partial charge in [-0.15, -0.1) is 0 Å². The van der Waals surface area contributed by atoms with Gasteiger partial charge in [0.2, 0.25) is 0 Å². The van der Waals surface area contributed by atoms with Crippen LogP contribution in [0, 0.1) is 0 Å². The number of hydrogen-bond donors (Lipinski definition) is 2. The van der Waals surface area contributed by atoms with Crippen molar-refractivity contribution < 1.29 is 0 Å². The van der Waals surface area contributed by atoms with Crippen molar-refractivity contribution in [2.24, 2.45) is 0 Å². The number of benzene rings is 3. The van der Waals surface area contributed by atoms with Gasteiger partial charge in [0.1, 0.15) is 0 Å². The van der Waals surface area contributed by atoms with Crippen molar-refractivity contribution in [3.8, 4) is 22.3 Å². The standard InChI is InChI=1S/C21H22N2/c1-14(2)15-8-3-4-9-16(15)17-10-5-6-11-18(17)19-12-7-13-20(22)21(19)23/h3-14H,22-23H2,1-2H3. The van der Waals surface area contributed by atoms with Gasteiger partial charge in [0.05, 0.1) is 11.4 Å². The van der Waals surface area contributed by atoms with E-state index in [0.717, 1.165) is 11.1 Å². The zero-order chi connectivity index (χ0) is 16.4. The maximum atomic E-state index is 6.23. The number of anilines is 2. The zero-order valence-corrected chi connectivity index (χ0v) is 13.6. The molecule has 0 unspecified atom stereocenters. The Hall–Kier alpha value is -2.74. The average molecular weight is 302 g/mol. The molecule has 23 heavy (non-hydrogen) atoms. The lowest BCUT2D eigenvalue weighted by atomic mass is 9.88. The molecule has 116 valence electrons. The van der Waals surface area contributed by atoms with Crippen molar-refractivity contribution in [3.63, 3.8) is 0 Å². The summed E-state index contributed by atoms with van der Waals surface area (Å²) in [5.74, 6) is 0.456. The second-order valence-electron chi connectivity index (χ2n) is 6.10. The lowest BCUT2D eigenvalue weighted by Crippen LogP contribution is -1.98. The minimum Gasteiger partial charge on any atom is -0.397 e. The maximum absolute atomic E-state index is 6.23. The van der Waals surface area contributed by atoms with Gasteiger partial charge in [0, 0.05) is 5.56 Å². The number of para-hydroxylation sites is 1. The summed E-state index contributed by atoms with van der Waals surface area (Å²) in [4.78, 5) is 0. The zero-order valence-electron chi connectivity index (χ0n) is 13.6. The lowest BCUT2D eigenvalue weighted by molar-refractivity contribution is 0.869. The predicted octanol–water partition coefficient (Wildman–Crippen LogP) is 5.31. The van der Waals surface area contributed by atoms with Gasteiger partial charge in [-0.1, -0.05) is 74.5 Å². The van der Waals surface area contributed by atoms with Gasteiger partial charge in [0.25, 0.3) is 0 Å². The summed E-state index contributed by atoms with van der Waals surface area (Å²) in [6.07, 6.45) is 0. The molecule has 0 aliphatic heterocycles. The topological polar surface area (TPSA) is 52.0 Å². The molecule has 0 saturated carbocycles. The van der Waals surface area contributed by atoms with Gasteiger partial charge in [-0.3, -0.25) is 0 Å². The molecule has 3 rings (SSSR count). The fourth-order valence-corrected chi connectivity index (χ4v) is 3.02. The molecular weight excluding hydrogens is 280 g/mol. The maximum Gasteiger partial charge on any atom is 0.0627 e. The molecule has 0 amide bonds. The molecule has 0 heterocycles. The lowest BCUT2D eigenvalue weighted by Gasteiger charge is -2.17. The summed E-state index contributed by atoms with van der Waals surface area (Å²) in [5.41, 5.74) is 19.4. The van der Waals surface area contributed by atoms with Crippen LogP contribution in [0.15, 0.2) is 66.7 Å². The average Bonchev–Trinajstić information content (AvgIpc) is 2.57. The molecule has 0 radical (unpaired) electrons. The van der Waals surface area contributed by atoms with Crippen LogP contribution < -0.4 is 11.5 Å². The SMILES string of the molecule is CC(C)c1ccccc1-c1ccccc1-c1cccc(N)c1N. The Balaban J connectivity index is 2.26. The molecule has 3 aromatic rings. The summed E-state index contributed by atoms with van der Waals surface area (Å²) in [7, 11) is 0. The highest BCUT2D eigenvalue weighted by Gasteiger charge is 2.14. The Kier molecular flexibility index (Phi) is 4.07. The van der Waals surface area contributed by atoms with Crippen LogP contribution in [0.5, 0.6) is 0 Å². The van der Waals surface area contributed by atoms with Gasteiger partial charge in [-0.25, -0.2) is 0 Å². The molecule has 0 aromatic heterocycles. The Morgan fingerprint density at radius 3 is 1.78 bits per heavy atom. The summed E-state index contributed by atoms with van der Waals surface area (Å²) in [6, 6.07) is 22.7. The first-order valence-electron chi connectivity index (χ1n) is 7.92. The number of nitrogens with two attached hydrogens (primary N) is 2. The van der Waals surface area contributed by atoms with Crippen LogP contribution in [0.4, 0.5) is 11.4 Å². The van der Waals surface area contributed by atoms with Crippen LogP contribution >= 0.6 is 0 Å². The molecular formula is C21H22N2. The third-order valence-electron chi connectivity index (χ3n) is 4.23. The molecule has 0 spiro atoms. The molecule has 0 saturated heterocycles. The van der Waals surface area contributed by atoms with E-state index in [0.29, 0.717) is 17.3 Å². The van der Waals surface area contributed by atoms with Crippen molar-refractivity contribution in [1.29, 1.82) is 0 Å². The third-order valence-corrected chi connectivity index (χ3v) is 4.23.